The van der Waals surface area contributed by atoms with Crippen molar-refractivity contribution in [1.29, 1.82) is 0 Å². The van der Waals surface area contributed by atoms with Crippen molar-refractivity contribution in [3.05, 3.63) is 171 Å². The molecule has 0 bridgehead atoms. The van der Waals surface area contributed by atoms with Crippen LogP contribution in [0, 0.1) is 13.8 Å². The molecular formula is C46H32. The maximum atomic E-state index is 2.55. The van der Waals surface area contributed by atoms with Gasteiger partial charge in [0, 0.05) is 0 Å². The smallest absolute Gasteiger partial charge is 0.00207 e. The van der Waals surface area contributed by atoms with Gasteiger partial charge in [0.1, 0.15) is 0 Å². The second-order valence-corrected chi connectivity index (χ2v) is 13.2. The topological polar surface area (TPSA) is 0 Å². The lowest BCUT2D eigenvalue weighted by atomic mass is 9.84. The molecule has 0 atom stereocenters. The molecule has 0 heterocycles. The van der Waals surface area contributed by atoms with E-state index in [-0.39, 0.29) is 0 Å². The largest absolute Gasteiger partial charge is 0.0801 e. The van der Waals surface area contributed by atoms with E-state index in [9.17, 15) is 0 Å². The fourth-order valence-electron chi connectivity index (χ4n) is 8.63. The minimum atomic E-state index is 0.891. The number of hydrogen-bond donors (Lipinski definition) is 0. The summed E-state index contributed by atoms with van der Waals surface area (Å²) in [5.74, 6) is 0. The zero-order chi connectivity index (χ0) is 30.5. The highest BCUT2D eigenvalue weighted by molar-refractivity contribution is 6.11. The molecule has 0 saturated heterocycles. The van der Waals surface area contributed by atoms with Crippen molar-refractivity contribution in [3.63, 3.8) is 0 Å². The fourth-order valence-corrected chi connectivity index (χ4v) is 8.63. The van der Waals surface area contributed by atoms with Gasteiger partial charge in [0.25, 0.3) is 0 Å². The first-order valence-corrected chi connectivity index (χ1v) is 16.5. The Hall–Kier alpha value is -5.46. The zero-order valence-corrected chi connectivity index (χ0v) is 26.1. The standard InChI is InChI=1S/C46H32/c1-27-15-20-35-36-23-24-39-33-12-6-7-13-37(33)44-28(2)16-21-40(46(39)44)42(36)26-43(41(35)25-27)32-11-5-8-14-38-34(32)22-19-30-18-17-29-9-3-4-10-31(29)45(30)38/h3-10,12-22,24-26H,11,23H2,1-2H3. The van der Waals surface area contributed by atoms with Crippen LogP contribution in [0.3, 0.4) is 0 Å². The highest BCUT2D eigenvalue weighted by Crippen LogP contribution is 2.52. The van der Waals surface area contributed by atoms with Crippen molar-refractivity contribution in [2.75, 3.05) is 0 Å². The van der Waals surface area contributed by atoms with Crippen LogP contribution in [0.25, 0.3) is 71.8 Å². The van der Waals surface area contributed by atoms with Crippen LogP contribution in [0.2, 0.25) is 0 Å². The number of benzene rings is 7. The van der Waals surface area contributed by atoms with Crippen LogP contribution in [0.5, 0.6) is 0 Å². The van der Waals surface area contributed by atoms with E-state index >= 15 is 0 Å². The molecule has 0 radical (unpaired) electrons. The molecule has 3 aliphatic carbocycles. The van der Waals surface area contributed by atoms with E-state index < -0.39 is 0 Å². The molecule has 46 heavy (non-hydrogen) atoms. The van der Waals surface area contributed by atoms with Crippen molar-refractivity contribution in [2.45, 2.75) is 26.7 Å². The first kappa shape index (κ1) is 25.8. The van der Waals surface area contributed by atoms with E-state index in [0.717, 1.165) is 12.8 Å². The summed E-state index contributed by atoms with van der Waals surface area (Å²) in [5.41, 5.74) is 16.5. The highest BCUT2D eigenvalue weighted by Gasteiger charge is 2.31. The van der Waals surface area contributed by atoms with Crippen molar-refractivity contribution in [2.24, 2.45) is 0 Å². The molecule has 0 spiro atoms. The van der Waals surface area contributed by atoms with Crippen LogP contribution in [-0.2, 0) is 6.42 Å². The van der Waals surface area contributed by atoms with Gasteiger partial charge in [0.2, 0.25) is 0 Å². The van der Waals surface area contributed by atoms with E-state index in [4.69, 9.17) is 0 Å². The van der Waals surface area contributed by atoms with Crippen LogP contribution in [-0.4, -0.2) is 0 Å². The van der Waals surface area contributed by atoms with E-state index in [2.05, 4.69) is 147 Å². The molecule has 0 amide bonds. The highest BCUT2D eigenvalue weighted by atomic mass is 14.3. The summed E-state index contributed by atoms with van der Waals surface area (Å²) in [6, 6.07) is 41.4. The summed E-state index contributed by atoms with van der Waals surface area (Å²) in [6.45, 7) is 4.50. The summed E-state index contributed by atoms with van der Waals surface area (Å²) in [7, 11) is 0. The third-order valence-corrected chi connectivity index (χ3v) is 10.7. The number of aryl methyl sites for hydroxylation is 2. The predicted molar refractivity (Wildman–Crippen MR) is 197 cm³/mol. The second-order valence-electron chi connectivity index (χ2n) is 13.2. The molecule has 0 aromatic heterocycles. The Bertz CT molecular complexity index is 2690. The molecule has 0 aliphatic heterocycles. The summed E-state index contributed by atoms with van der Waals surface area (Å²) >= 11 is 0. The van der Waals surface area contributed by atoms with E-state index in [0.29, 0.717) is 0 Å². The Morgan fingerprint density at radius 3 is 2.30 bits per heavy atom. The van der Waals surface area contributed by atoms with E-state index in [1.165, 1.54) is 110 Å². The maximum Gasteiger partial charge on any atom is -0.00207 e. The lowest BCUT2D eigenvalue weighted by molar-refractivity contribution is 1.30. The maximum absolute atomic E-state index is 2.55. The molecular weight excluding hydrogens is 553 g/mol. The monoisotopic (exact) mass is 584 g/mol. The first-order valence-electron chi connectivity index (χ1n) is 16.5. The average molecular weight is 585 g/mol. The van der Waals surface area contributed by atoms with Crippen LogP contribution in [0.15, 0.2) is 127 Å². The van der Waals surface area contributed by atoms with Gasteiger partial charge >= 0.3 is 0 Å². The molecule has 7 aromatic rings. The summed E-state index contributed by atoms with van der Waals surface area (Å²) < 4.78 is 0. The van der Waals surface area contributed by atoms with Crippen molar-refractivity contribution < 1.29 is 0 Å². The normalized spacial score (nSPS) is 14.3. The van der Waals surface area contributed by atoms with Gasteiger partial charge in [-0.3, -0.25) is 0 Å². The summed E-state index contributed by atoms with van der Waals surface area (Å²) in [6.07, 6.45) is 11.3. The molecule has 0 unspecified atom stereocenters. The number of fused-ring (bicyclic) bond motifs is 12. The Labute approximate surface area is 269 Å². The Morgan fingerprint density at radius 2 is 1.37 bits per heavy atom. The molecule has 3 aliphatic rings. The Kier molecular flexibility index (Phi) is 5.35. The molecule has 0 saturated carbocycles. The van der Waals surface area contributed by atoms with E-state index in [1.54, 1.807) is 0 Å². The average Bonchev–Trinajstić information content (AvgIpc) is 3.18. The molecule has 0 fully saturated rings. The fraction of sp³-hybridized carbons (Fsp3) is 0.0870. The number of hydrogen-bond acceptors (Lipinski definition) is 0. The molecule has 0 nitrogen and oxygen atoms in total. The number of rotatable bonds is 1. The van der Waals surface area contributed by atoms with E-state index in [1.807, 2.05) is 0 Å². The van der Waals surface area contributed by atoms with Crippen LogP contribution in [0.4, 0.5) is 0 Å². The third kappa shape index (κ3) is 3.50. The first-order chi connectivity index (χ1) is 22.7. The van der Waals surface area contributed by atoms with Crippen molar-refractivity contribution >= 4 is 49.5 Å². The minimum Gasteiger partial charge on any atom is -0.0801 e. The van der Waals surface area contributed by atoms with Crippen LogP contribution < -0.4 is 10.4 Å². The summed E-state index contributed by atoms with van der Waals surface area (Å²) in [4.78, 5) is 0. The molecule has 0 N–H and O–H groups in total. The van der Waals surface area contributed by atoms with Gasteiger partial charge in [0.15, 0.2) is 0 Å². The minimum absolute atomic E-state index is 0.891. The summed E-state index contributed by atoms with van der Waals surface area (Å²) in [5, 5.41) is 10.6. The molecule has 7 aromatic carbocycles. The molecule has 216 valence electrons. The van der Waals surface area contributed by atoms with Gasteiger partial charge in [-0.2, -0.15) is 0 Å². The van der Waals surface area contributed by atoms with Gasteiger partial charge in [-0.25, -0.2) is 0 Å². The van der Waals surface area contributed by atoms with Crippen molar-refractivity contribution in [1.82, 2.24) is 0 Å². The van der Waals surface area contributed by atoms with Crippen LogP contribution >= 0.6 is 0 Å². The lowest BCUT2D eigenvalue weighted by Crippen LogP contribution is -2.27. The molecule has 0 heteroatoms. The molecule has 10 rings (SSSR count). The quantitative estimate of drug-likeness (QED) is 0.168. The van der Waals surface area contributed by atoms with Gasteiger partial charge in [-0.15, -0.1) is 0 Å². The van der Waals surface area contributed by atoms with Crippen molar-refractivity contribution in [3.8, 4) is 22.3 Å². The Balaban J connectivity index is 1.35. The second kappa shape index (κ2) is 9.52. The number of allylic oxidation sites excluding steroid dienone is 3. The van der Waals surface area contributed by atoms with Gasteiger partial charge in [-0.05, 0) is 137 Å². The lowest BCUT2D eigenvalue weighted by Gasteiger charge is -2.20. The Morgan fingerprint density at radius 1 is 0.543 bits per heavy atom. The predicted octanol–water partition coefficient (Wildman–Crippen LogP) is 10.3. The van der Waals surface area contributed by atoms with Gasteiger partial charge in [-0.1, -0.05) is 133 Å². The zero-order valence-electron chi connectivity index (χ0n) is 26.1. The third-order valence-electron chi connectivity index (χ3n) is 10.7. The van der Waals surface area contributed by atoms with Gasteiger partial charge < -0.3 is 0 Å². The SMILES string of the molecule is Cc1ccc2c3c(cc(C4=c5ccc6ccc7ccccc7c6c5=CC=CC4)c2c1)-c1ccc(C)c2c1C(=CC3)c1ccccc1-2. The van der Waals surface area contributed by atoms with Gasteiger partial charge in [0.05, 0.1) is 0 Å². The van der Waals surface area contributed by atoms with Crippen LogP contribution in [0.1, 0.15) is 39.8 Å².